The van der Waals surface area contributed by atoms with E-state index < -0.39 is 79.0 Å². The van der Waals surface area contributed by atoms with Crippen LogP contribution in [0.2, 0.25) is 0 Å². The van der Waals surface area contributed by atoms with Crippen LogP contribution >= 0.6 is 0 Å². The van der Waals surface area contributed by atoms with E-state index in [9.17, 15) is 45.5 Å². The largest absolute Gasteiger partial charge is 0.487 e. The van der Waals surface area contributed by atoms with E-state index in [0.717, 1.165) is 18.2 Å². The van der Waals surface area contributed by atoms with Crippen molar-refractivity contribution in [1.82, 2.24) is 5.32 Å². The first kappa shape index (κ1) is 31.7. The molecular weight excluding hydrogens is 608 g/mol. The van der Waals surface area contributed by atoms with E-state index in [0.29, 0.717) is 51.0 Å². The molecule has 14 heteroatoms. The highest BCUT2D eigenvalue weighted by Crippen LogP contribution is 2.49. The zero-order valence-corrected chi connectivity index (χ0v) is 24.5. The van der Waals surface area contributed by atoms with Gasteiger partial charge < -0.3 is 20.5 Å². The molecule has 0 spiro atoms. The third-order valence-corrected chi connectivity index (χ3v) is 10.8. The molecule has 44 heavy (non-hydrogen) atoms. The summed E-state index contributed by atoms with van der Waals surface area (Å²) in [6, 6.07) is 5.31. The van der Waals surface area contributed by atoms with Crippen LogP contribution in [-0.4, -0.2) is 48.7 Å². The molecular formula is C30H32F4N2O7S. The molecule has 9 nitrogen and oxygen atoms in total. The molecule has 3 fully saturated rings. The van der Waals surface area contributed by atoms with E-state index in [-0.39, 0.29) is 30.2 Å². The van der Waals surface area contributed by atoms with Crippen LogP contribution in [0.3, 0.4) is 0 Å². The van der Waals surface area contributed by atoms with Crippen molar-refractivity contribution in [3.63, 3.8) is 0 Å². The summed E-state index contributed by atoms with van der Waals surface area (Å²) in [5.41, 5.74) is -0.502. The highest BCUT2D eigenvalue weighted by atomic mass is 32.2. The van der Waals surface area contributed by atoms with E-state index in [1.807, 2.05) is 0 Å². The van der Waals surface area contributed by atoms with Crippen molar-refractivity contribution in [2.45, 2.75) is 74.2 Å². The molecule has 2 amide bonds. The quantitative estimate of drug-likeness (QED) is 0.322. The Balaban J connectivity index is 1.30. The number of fused-ring (bicyclic) bond motifs is 2. The molecule has 2 aromatic rings. The van der Waals surface area contributed by atoms with Gasteiger partial charge in [0.05, 0.1) is 28.4 Å². The number of aliphatic carboxylic acids is 1. The highest BCUT2D eigenvalue weighted by molar-refractivity contribution is 7.92. The molecule has 2 aromatic carbocycles. The first-order chi connectivity index (χ1) is 20.7. The predicted octanol–water partition coefficient (Wildman–Crippen LogP) is 5.16. The molecule has 0 heterocycles. The van der Waals surface area contributed by atoms with Gasteiger partial charge in [-0.05, 0) is 81.0 Å². The van der Waals surface area contributed by atoms with Gasteiger partial charge in [0, 0.05) is 24.7 Å². The molecule has 0 unspecified atom stereocenters. The summed E-state index contributed by atoms with van der Waals surface area (Å²) >= 11 is 0. The number of hydrogen-bond donors (Lipinski definition) is 3. The maximum atomic E-state index is 14.8. The van der Waals surface area contributed by atoms with Crippen LogP contribution in [0.5, 0.6) is 5.75 Å². The van der Waals surface area contributed by atoms with Crippen molar-refractivity contribution in [3.05, 3.63) is 53.6 Å². The van der Waals surface area contributed by atoms with Gasteiger partial charge in [-0.1, -0.05) is 6.07 Å². The molecule has 3 saturated carbocycles. The minimum Gasteiger partial charge on any atom is -0.487 e. The number of rotatable bonds is 9. The molecule has 3 aliphatic rings. The zero-order chi connectivity index (χ0) is 32.0. The van der Waals surface area contributed by atoms with Crippen LogP contribution in [-0.2, 0) is 19.4 Å². The van der Waals surface area contributed by atoms with Gasteiger partial charge in [0.1, 0.15) is 5.82 Å². The summed E-state index contributed by atoms with van der Waals surface area (Å²) in [4.78, 5) is 37.2. The second-order valence-electron chi connectivity index (χ2n) is 11.9. The second-order valence-corrected chi connectivity index (χ2v) is 14.1. The number of benzene rings is 2. The topological polar surface area (TPSA) is 139 Å². The number of nitrogens with one attached hydrogen (secondary N) is 2. The fourth-order valence-corrected chi connectivity index (χ4v) is 7.63. The number of carbonyl (C=O) groups excluding carboxylic acids is 2. The van der Waals surface area contributed by atoms with Gasteiger partial charge in [0.25, 0.3) is 5.91 Å². The molecule has 238 valence electrons. The number of carbonyl (C=O) groups is 3. The van der Waals surface area contributed by atoms with Crippen molar-refractivity contribution in [2.75, 3.05) is 5.32 Å². The fraction of sp³-hybridized carbons (Fsp3) is 0.500. The van der Waals surface area contributed by atoms with Crippen LogP contribution in [0, 0.1) is 35.3 Å². The Labute approximate surface area is 251 Å². The number of anilines is 1. The average Bonchev–Trinajstić information content (AvgIpc) is 3.56. The Morgan fingerprint density at radius 3 is 2.30 bits per heavy atom. The lowest BCUT2D eigenvalue weighted by molar-refractivity contribution is -0.143. The number of alkyl halides is 2. The van der Waals surface area contributed by atoms with Gasteiger partial charge in [0.2, 0.25) is 15.7 Å². The predicted molar refractivity (Wildman–Crippen MR) is 149 cm³/mol. The Hall–Kier alpha value is -3.68. The second kappa shape index (κ2) is 12.0. The first-order valence-corrected chi connectivity index (χ1v) is 15.9. The fourth-order valence-electron chi connectivity index (χ4n) is 6.68. The molecule has 0 saturated heterocycles. The minimum absolute atomic E-state index is 0.0167. The van der Waals surface area contributed by atoms with Crippen molar-refractivity contribution in [2.24, 2.45) is 23.7 Å². The van der Waals surface area contributed by atoms with Crippen LogP contribution < -0.4 is 15.4 Å². The minimum atomic E-state index is -4.98. The number of halogens is 4. The van der Waals surface area contributed by atoms with E-state index >= 15 is 0 Å². The number of ether oxygens (including phenoxy) is 1. The maximum absolute atomic E-state index is 14.8. The summed E-state index contributed by atoms with van der Waals surface area (Å²) in [5, 5.41) is 10.5. The molecule has 3 aliphatic carbocycles. The third kappa shape index (κ3) is 6.26. The number of amides is 2. The lowest BCUT2D eigenvalue weighted by Crippen LogP contribution is -2.48. The van der Waals surface area contributed by atoms with E-state index in [2.05, 4.69) is 10.6 Å². The van der Waals surface area contributed by atoms with Gasteiger partial charge in [-0.2, -0.15) is 8.78 Å². The summed E-state index contributed by atoms with van der Waals surface area (Å²) in [6.45, 7) is 0.265. The molecule has 4 atom stereocenters. The standard InChI is InChI=1S/C30H32F4N2O7S/c1-30(33,34)44(41,42)20-4-2-3-18(12-20)35-28(38)25-16-5-6-17(11-16)26(25)36-27(37)21-13-24(23(32)14-22(21)31)43-19-9-7-15(8-10-19)29(39)40/h2-4,12-17,19,25-26H,5-11H2,1H3,(H,35,38)(H,36,37)(H,39,40)/t15-,16-,17+,19+,25+,26-/m1/s1. The number of carboxylic acid groups (broad SMARTS) is 1. The lowest BCUT2D eigenvalue weighted by Gasteiger charge is -2.31. The van der Waals surface area contributed by atoms with E-state index in [1.54, 1.807) is 0 Å². The zero-order valence-electron chi connectivity index (χ0n) is 23.7. The van der Waals surface area contributed by atoms with Crippen LogP contribution in [0.1, 0.15) is 62.2 Å². The third-order valence-electron chi connectivity index (χ3n) is 8.98. The Morgan fingerprint density at radius 1 is 0.955 bits per heavy atom. The van der Waals surface area contributed by atoms with Gasteiger partial charge >= 0.3 is 11.2 Å². The highest BCUT2D eigenvalue weighted by Gasteiger charge is 2.51. The molecule has 0 aliphatic heterocycles. The SMILES string of the molecule is CC(F)(F)S(=O)(=O)c1cccc(NC(=O)[C@H]2[C@@H]3CC[C@@H](C3)[C@H]2NC(=O)c2cc(O[C@H]3CC[C@@H](C(=O)O)CC3)c(F)cc2F)c1. The summed E-state index contributed by atoms with van der Waals surface area (Å²) in [7, 11) is -4.98. The van der Waals surface area contributed by atoms with Crippen LogP contribution in [0.25, 0.3) is 0 Å². The maximum Gasteiger partial charge on any atom is 0.347 e. The smallest absolute Gasteiger partial charge is 0.347 e. The monoisotopic (exact) mass is 640 g/mol. The molecule has 0 aromatic heterocycles. The molecule has 2 bridgehead atoms. The number of sulfone groups is 1. The van der Waals surface area contributed by atoms with Crippen molar-refractivity contribution in [3.8, 4) is 5.75 Å². The van der Waals surface area contributed by atoms with Crippen molar-refractivity contribution in [1.29, 1.82) is 0 Å². The average molecular weight is 641 g/mol. The van der Waals surface area contributed by atoms with Crippen LogP contribution in [0.15, 0.2) is 41.3 Å². The molecule has 3 N–H and O–H groups in total. The summed E-state index contributed by atoms with van der Waals surface area (Å²) in [6.07, 6.45) is 2.90. The van der Waals surface area contributed by atoms with E-state index in [1.165, 1.54) is 12.1 Å². The lowest BCUT2D eigenvalue weighted by atomic mass is 9.83. The van der Waals surface area contributed by atoms with Gasteiger partial charge in [-0.15, -0.1) is 0 Å². The van der Waals surface area contributed by atoms with Gasteiger partial charge in [0.15, 0.2) is 11.6 Å². The number of carboxylic acids is 1. The first-order valence-electron chi connectivity index (χ1n) is 14.4. The van der Waals surface area contributed by atoms with E-state index in [4.69, 9.17) is 4.74 Å². The summed E-state index contributed by atoms with van der Waals surface area (Å²) in [5.74, 6) is -6.34. The molecule has 0 radical (unpaired) electrons. The Kier molecular flexibility index (Phi) is 8.67. The Bertz CT molecular complexity index is 1570. The summed E-state index contributed by atoms with van der Waals surface area (Å²) < 4.78 is 86.9. The normalized spacial score (nSPS) is 26.7. The van der Waals surface area contributed by atoms with Crippen LogP contribution in [0.4, 0.5) is 23.2 Å². The van der Waals surface area contributed by atoms with Crippen molar-refractivity contribution >= 4 is 33.3 Å². The van der Waals surface area contributed by atoms with Crippen molar-refractivity contribution < 1.29 is 50.2 Å². The van der Waals surface area contributed by atoms with Gasteiger partial charge in [-0.25, -0.2) is 17.2 Å². The molecule has 5 rings (SSSR count). The van der Waals surface area contributed by atoms with Gasteiger partial charge in [-0.3, -0.25) is 14.4 Å². The number of hydrogen-bond acceptors (Lipinski definition) is 6. The Morgan fingerprint density at radius 2 is 1.64 bits per heavy atom.